The van der Waals surface area contributed by atoms with Gasteiger partial charge in [0.15, 0.2) is 6.29 Å². The first-order chi connectivity index (χ1) is 15.5. The van der Waals surface area contributed by atoms with Crippen LogP contribution >= 0.6 is 0 Å². The highest BCUT2D eigenvalue weighted by atomic mass is 16.7. The summed E-state index contributed by atoms with van der Waals surface area (Å²) in [5.41, 5.74) is 2.36. The van der Waals surface area contributed by atoms with Gasteiger partial charge in [0, 0.05) is 0 Å². The lowest BCUT2D eigenvalue weighted by molar-refractivity contribution is -0.309. The van der Waals surface area contributed by atoms with Crippen molar-refractivity contribution in [3.05, 3.63) is 23.8 Å². The predicted octanol–water partition coefficient (Wildman–Crippen LogP) is 2.30. The van der Waals surface area contributed by atoms with Crippen molar-refractivity contribution in [2.24, 2.45) is 22.7 Å². The maximum absolute atomic E-state index is 10.5. The molecule has 1 aliphatic heterocycles. The Morgan fingerprint density at radius 3 is 2.48 bits per heavy atom. The summed E-state index contributed by atoms with van der Waals surface area (Å²) in [6.07, 6.45) is 0.844. The van der Waals surface area contributed by atoms with Gasteiger partial charge < -0.3 is 35.0 Å². The molecule has 0 aromatic carbocycles. The van der Waals surface area contributed by atoms with Crippen molar-refractivity contribution >= 4 is 0 Å². The summed E-state index contributed by atoms with van der Waals surface area (Å²) in [4.78, 5) is 0. The fourth-order valence-corrected chi connectivity index (χ4v) is 6.89. The van der Waals surface area contributed by atoms with E-state index >= 15 is 0 Å². The molecule has 33 heavy (non-hydrogen) atoms. The van der Waals surface area contributed by atoms with Crippen LogP contribution in [0.4, 0.5) is 0 Å². The van der Waals surface area contributed by atoms with E-state index in [2.05, 4.69) is 27.4 Å². The quantitative estimate of drug-likeness (QED) is 0.364. The fourth-order valence-electron chi connectivity index (χ4n) is 6.89. The zero-order chi connectivity index (χ0) is 24.6. The molecule has 5 N–H and O–H groups in total. The highest BCUT2D eigenvalue weighted by Crippen LogP contribution is 2.62. The molecule has 2 saturated carbocycles. The Balaban J connectivity index is 1.87. The molecule has 0 radical (unpaired) electrons. The van der Waals surface area contributed by atoms with Crippen LogP contribution in [0.25, 0.3) is 0 Å². The fraction of sp³-hybridized carbons (Fsp3) is 0.846. The molecule has 190 valence electrons. The Kier molecular flexibility index (Phi) is 8.48. The highest BCUT2D eigenvalue weighted by Gasteiger charge is 2.53. The zero-order valence-electron chi connectivity index (χ0n) is 20.6. The van der Waals surface area contributed by atoms with E-state index in [1.54, 1.807) is 6.08 Å². The van der Waals surface area contributed by atoms with Crippen LogP contribution in [0.2, 0.25) is 0 Å². The van der Waals surface area contributed by atoms with Crippen LogP contribution < -0.4 is 0 Å². The second-order valence-corrected chi connectivity index (χ2v) is 11.3. The van der Waals surface area contributed by atoms with Gasteiger partial charge in [-0.05, 0) is 67.3 Å². The molecule has 0 unspecified atom stereocenters. The van der Waals surface area contributed by atoms with Gasteiger partial charge in [-0.25, -0.2) is 0 Å². The zero-order valence-corrected chi connectivity index (χ0v) is 20.6. The first-order valence-electron chi connectivity index (χ1n) is 12.4. The largest absolute Gasteiger partial charge is 0.394 e. The first-order valence-corrected chi connectivity index (χ1v) is 12.4. The Morgan fingerprint density at radius 2 is 1.85 bits per heavy atom. The molecule has 3 aliphatic rings. The number of hydrogen-bond acceptors (Lipinski definition) is 7. The standard InChI is InChI=1S/C26H44O7/c1-15-7-8-20-25(3,4)10-6-11-26(20,5)17(15)13-18(16(2)9-12-27)32-24-23(31)22(30)21(29)19(14-28)33-24/h9,17-24,27-31H,1,6-8,10-14H2,2-5H3/b16-9+/t17-,18-,19+,20-,21+,22-,23+,24+,26+/m0/s1. The van der Waals surface area contributed by atoms with Crippen LogP contribution in [0.5, 0.6) is 0 Å². The summed E-state index contributed by atoms with van der Waals surface area (Å²) in [6.45, 7) is 12.8. The van der Waals surface area contributed by atoms with Crippen molar-refractivity contribution in [1.29, 1.82) is 0 Å². The van der Waals surface area contributed by atoms with Crippen molar-refractivity contribution in [3.8, 4) is 0 Å². The van der Waals surface area contributed by atoms with Crippen LogP contribution in [0.15, 0.2) is 23.8 Å². The van der Waals surface area contributed by atoms with Crippen molar-refractivity contribution in [1.82, 2.24) is 0 Å². The highest BCUT2D eigenvalue weighted by molar-refractivity contribution is 5.18. The molecule has 3 fully saturated rings. The second kappa shape index (κ2) is 10.4. The van der Waals surface area contributed by atoms with Gasteiger partial charge in [-0.2, -0.15) is 0 Å². The van der Waals surface area contributed by atoms with Gasteiger partial charge in [-0.3, -0.25) is 0 Å². The van der Waals surface area contributed by atoms with Crippen molar-refractivity contribution in [2.45, 2.75) is 103 Å². The Labute approximate surface area is 198 Å². The number of rotatable bonds is 7. The van der Waals surface area contributed by atoms with Crippen LogP contribution in [-0.2, 0) is 9.47 Å². The smallest absolute Gasteiger partial charge is 0.187 e. The molecule has 0 bridgehead atoms. The molecule has 0 aromatic heterocycles. The first kappa shape index (κ1) is 26.8. The van der Waals surface area contributed by atoms with E-state index in [0.717, 1.165) is 24.8 Å². The van der Waals surface area contributed by atoms with Gasteiger partial charge in [-0.15, -0.1) is 0 Å². The monoisotopic (exact) mass is 468 g/mol. The molecule has 2 aliphatic carbocycles. The number of allylic oxidation sites excluding steroid dienone is 1. The molecular weight excluding hydrogens is 424 g/mol. The summed E-state index contributed by atoms with van der Waals surface area (Å²) in [5, 5.41) is 49.9. The molecule has 9 atom stereocenters. The van der Waals surface area contributed by atoms with Crippen LogP contribution in [0.1, 0.15) is 66.2 Å². The van der Waals surface area contributed by atoms with Gasteiger partial charge in [0.1, 0.15) is 24.4 Å². The van der Waals surface area contributed by atoms with Gasteiger partial charge in [0.2, 0.25) is 0 Å². The maximum atomic E-state index is 10.5. The van der Waals surface area contributed by atoms with Gasteiger partial charge in [0.25, 0.3) is 0 Å². The molecule has 3 rings (SSSR count). The van der Waals surface area contributed by atoms with E-state index < -0.39 is 43.4 Å². The van der Waals surface area contributed by atoms with E-state index in [-0.39, 0.29) is 23.4 Å². The molecule has 0 spiro atoms. The minimum absolute atomic E-state index is 0.0770. The summed E-state index contributed by atoms with van der Waals surface area (Å²) in [7, 11) is 0. The minimum atomic E-state index is -1.49. The normalized spacial score (nSPS) is 42.6. The summed E-state index contributed by atoms with van der Waals surface area (Å²) < 4.78 is 11.8. The SMILES string of the molecule is C=C1CC[C@H]2C(C)(C)CCC[C@]2(C)[C@H]1C[C@H](O[C@@H]1O[C@H](CO)[C@@H](O)[C@H](O)[C@H]1O)/C(C)=C/CO. The predicted molar refractivity (Wildman–Crippen MR) is 125 cm³/mol. The number of hydrogen-bond donors (Lipinski definition) is 5. The molecule has 0 aromatic rings. The lowest BCUT2D eigenvalue weighted by Gasteiger charge is -2.58. The lowest BCUT2D eigenvalue weighted by atomic mass is 9.47. The van der Waals surface area contributed by atoms with E-state index in [1.807, 2.05) is 6.92 Å². The van der Waals surface area contributed by atoms with E-state index in [0.29, 0.717) is 12.3 Å². The topological polar surface area (TPSA) is 120 Å². The van der Waals surface area contributed by atoms with Gasteiger partial charge in [-0.1, -0.05) is 45.4 Å². The van der Waals surface area contributed by atoms with Crippen molar-refractivity contribution in [2.75, 3.05) is 13.2 Å². The van der Waals surface area contributed by atoms with Gasteiger partial charge >= 0.3 is 0 Å². The molecule has 1 saturated heterocycles. The van der Waals surface area contributed by atoms with Gasteiger partial charge in [0.05, 0.1) is 19.3 Å². The molecule has 7 nitrogen and oxygen atoms in total. The summed E-state index contributed by atoms with van der Waals surface area (Å²) >= 11 is 0. The number of aliphatic hydroxyl groups is 5. The van der Waals surface area contributed by atoms with E-state index in [9.17, 15) is 25.5 Å². The summed E-state index contributed by atoms with van der Waals surface area (Å²) in [5.74, 6) is 0.775. The average molecular weight is 469 g/mol. The van der Waals surface area contributed by atoms with Crippen LogP contribution in [0, 0.1) is 22.7 Å². The number of ether oxygens (including phenoxy) is 2. The molecule has 7 heteroatoms. The Hall–Kier alpha value is -0.800. The van der Waals surface area contributed by atoms with Crippen LogP contribution in [-0.4, -0.2) is 75.6 Å². The Bertz CT molecular complexity index is 717. The lowest BCUT2D eigenvalue weighted by Crippen LogP contribution is -2.60. The Morgan fingerprint density at radius 1 is 1.15 bits per heavy atom. The second-order valence-electron chi connectivity index (χ2n) is 11.3. The molecular formula is C26H44O7. The van der Waals surface area contributed by atoms with E-state index in [1.165, 1.54) is 18.4 Å². The van der Waals surface area contributed by atoms with Crippen molar-refractivity contribution in [3.63, 3.8) is 0 Å². The third-order valence-electron chi connectivity index (χ3n) is 8.84. The summed E-state index contributed by atoms with van der Waals surface area (Å²) in [6, 6.07) is 0. The minimum Gasteiger partial charge on any atom is -0.394 e. The maximum Gasteiger partial charge on any atom is 0.187 e. The van der Waals surface area contributed by atoms with Crippen LogP contribution in [0.3, 0.4) is 0 Å². The molecule has 0 amide bonds. The van der Waals surface area contributed by atoms with E-state index in [4.69, 9.17) is 9.47 Å². The van der Waals surface area contributed by atoms with Crippen molar-refractivity contribution < 1.29 is 35.0 Å². The third-order valence-corrected chi connectivity index (χ3v) is 8.84. The third kappa shape index (κ3) is 5.25. The average Bonchev–Trinajstić information content (AvgIpc) is 2.75. The number of aliphatic hydroxyl groups excluding tert-OH is 5. The molecule has 1 heterocycles. The number of fused-ring (bicyclic) bond motifs is 1.